The molecule has 0 unspecified atom stereocenters. The van der Waals surface area contributed by atoms with E-state index in [1.54, 1.807) is 24.3 Å². The number of sulfonamides is 1. The molecule has 2 aromatic carbocycles. The highest BCUT2D eigenvalue weighted by atomic mass is 32.2. The third kappa shape index (κ3) is 6.18. The van der Waals surface area contributed by atoms with Crippen molar-refractivity contribution in [3.8, 4) is 11.5 Å². The maximum absolute atomic E-state index is 12.3. The molecule has 0 spiro atoms. The Bertz CT molecular complexity index is 866. The van der Waals surface area contributed by atoms with E-state index in [-0.39, 0.29) is 13.1 Å². The van der Waals surface area contributed by atoms with Crippen molar-refractivity contribution in [2.45, 2.75) is 13.5 Å². The summed E-state index contributed by atoms with van der Waals surface area (Å²) in [4.78, 5) is 12.3. The summed E-state index contributed by atoms with van der Waals surface area (Å²) in [5.41, 5.74) is 1.26. The largest absolute Gasteiger partial charge is 0.497 e. The number of benzene rings is 2. The summed E-state index contributed by atoms with van der Waals surface area (Å²) in [6.07, 6.45) is 1.07. The topological polar surface area (TPSA) is 84.9 Å². The van der Waals surface area contributed by atoms with Crippen LogP contribution in [0.15, 0.2) is 48.5 Å². The fourth-order valence-corrected chi connectivity index (χ4v) is 3.30. The normalized spacial score (nSPS) is 10.9. The van der Waals surface area contributed by atoms with Gasteiger partial charge >= 0.3 is 0 Å². The van der Waals surface area contributed by atoms with Crippen LogP contribution in [0.1, 0.15) is 12.5 Å². The van der Waals surface area contributed by atoms with E-state index in [1.807, 2.05) is 31.2 Å². The lowest BCUT2D eigenvalue weighted by Gasteiger charge is -2.22. The molecule has 0 saturated heterocycles. The number of methoxy groups -OCH3 is 1. The number of nitrogens with one attached hydrogen (secondary N) is 1. The van der Waals surface area contributed by atoms with Crippen LogP contribution in [-0.4, -0.2) is 40.8 Å². The Morgan fingerprint density at radius 2 is 1.81 bits per heavy atom. The predicted molar refractivity (Wildman–Crippen MR) is 105 cm³/mol. The first-order chi connectivity index (χ1) is 12.8. The number of carbonyl (C=O) groups excluding carboxylic acids is 1. The average molecular weight is 392 g/mol. The fraction of sp³-hybridized carbons (Fsp3) is 0.316. The van der Waals surface area contributed by atoms with Gasteiger partial charge in [-0.25, -0.2) is 8.42 Å². The van der Waals surface area contributed by atoms with Gasteiger partial charge in [-0.2, -0.15) is 0 Å². The molecule has 0 radical (unpaired) electrons. The summed E-state index contributed by atoms with van der Waals surface area (Å²) in [5, 5.41) is 2.74. The minimum absolute atomic E-state index is 0.278. The summed E-state index contributed by atoms with van der Waals surface area (Å²) in [6.45, 7) is 2.42. The van der Waals surface area contributed by atoms with Crippen LogP contribution in [0.5, 0.6) is 11.5 Å². The zero-order valence-electron chi connectivity index (χ0n) is 15.6. The summed E-state index contributed by atoms with van der Waals surface area (Å²) in [7, 11) is -2.09. The van der Waals surface area contributed by atoms with Gasteiger partial charge < -0.3 is 14.8 Å². The molecule has 0 atom stereocenters. The van der Waals surface area contributed by atoms with Crippen molar-refractivity contribution >= 4 is 21.6 Å². The van der Waals surface area contributed by atoms with Crippen LogP contribution in [0.25, 0.3) is 0 Å². The first-order valence-corrected chi connectivity index (χ1v) is 10.3. The van der Waals surface area contributed by atoms with Crippen LogP contribution in [-0.2, 0) is 21.4 Å². The first-order valence-electron chi connectivity index (χ1n) is 8.43. The van der Waals surface area contributed by atoms with Crippen molar-refractivity contribution in [1.29, 1.82) is 0 Å². The molecule has 0 saturated carbocycles. The summed E-state index contributed by atoms with van der Waals surface area (Å²) in [5.74, 6) is 0.920. The lowest BCUT2D eigenvalue weighted by molar-refractivity contribution is -0.119. The van der Waals surface area contributed by atoms with Gasteiger partial charge in [-0.15, -0.1) is 0 Å². The Hall–Kier alpha value is -2.74. The molecule has 27 heavy (non-hydrogen) atoms. The van der Waals surface area contributed by atoms with Gasteiger partial charge in [0.25, 0.3) is 0 Å². The first kappa shape index (κ1) is 20.6. The summed E-state index contributed by atoms with van der Waals surface area (Å²) < 4.78 is 35.8. The molecule has 2 aromatic rings. The molecule has 0 aromatic heterocycles. The molecule has 8 heteroatoms. The van der Waals surface area contributed by atoms with E-state index >= 15 is 0 Å². The highest BCUT2D eigenvalue weighted by Crippen LogP contribution is 2.21. The summed E-state index contributed by atoms with van der Waals surface area (Å²) >= 11 is 0. The number of anilines is 1. The number of hydrogen-bond donors (Lipinski definition) is 1. The zero-order chi connectivity index (χ0) is 19.9. The lowest BCUT2D eigenvalue weighted by Crippen LogP contribution is -2.40. The van der Waals surface area contributed by atoms with E-state index in [9.17, 15) is 13.2 Å². The number of hydrogen-bond acceptors (Lipinski definition) is 5. The molecule has 1 N–H and O–H groups in total. The highest BCUT2D eigenvalue weighted by Gasteiger charge is 2.20. The second-order valence-corrected chi connectivity index (χ2v) is 7.73. The standard InChI is InChI=1S/C19H24N2O5S/c1-4-26-18-7-5-6-15(12-18)13-20-19(22)14-21(27(3,23)24)16-8-10-17(25-2)11-9-16/h5-12H,4,13-14H2,1-3H3,(H,20,22). The second kappa shape index (κ2) is 9.27. The summed E-state index contributed by atoms with van der Waals surface area (Å²) in [6, 6.07) is 13.9. The van der Waals surface area contributed by atoms with Crippen LogP contribution in [0, 0.1) is 0 Å². The third-order valence-corrected chi connectivity index (χ3v) is 4.89. The van der Waals surface area contributed by atoms with Gasteiger partial charge in [0.15, 0.2) is 0 Å². The Balaban J connectivity index is 2.04. The van der Waals surface area contributed by atoms with Crippen LogP contribution in [0.3, 0.4) is 0 Å². The molecule has 1 amide bonds. The highest BCUT2D eigenvalue weighted by molar-refractivity contribution is 7.92. The Kier molecular flexibility index (Phi) is 7.06. The maximum atomic E-state index is 12.3. The third-order valence-electron chi connectivity index (χ3n) is 3.75. The molecule has 146 valence electrons. The van der Waals surface area contributed by atoms with E-state index in [0.29, 0.717) is 18.0 Å². The monoisotopic (exact) mass is 392 g/mol. The molecule has 2 rings (SSSR count). The number of ether oxygens (including phenoxy) is 2. The van der Waals surface area contributed by atoms with Crippen LogP contribution in [0.4, 0.5) is 5.69 Å². The van der Waals surface area contributed by atoms with Crippen molar-refractivity contribution in [2.24, 2.45) is 0 Å². The van der Waals surface area contributed by atoms with Crippen molar-refractivity contribution < 1.29 is 22.7 Å². The number of rotatable bonds is 9. The van der Waals surface area contributed by atoms with E-state index in [2.05, 4.69) is 5.32 Å². The fourth-order valence-electron chi connectivity index (χ4n) is 2.45. The van der Waals surface area contributed by atoms with Crippen molar-refractivity contribution in [3.05, 3.63) is 54.1 Å². The van der Waals surface area contributed by atoms with Gasteiger partial charge in [0.2, 0.25) is 15.9 Å². The zero-order valence-corrected chi connectivity index (χ0v) is 16.5. The quantitative estimate of drug-likeness (QED) is 0.707. The molecular weight excluding hydrogens is 368 g/mol. The molecule has 7 nitrogen and oxygen atoms in total. The molecule has 0 bridgehead atoms. The van der Waals surface area contributed by atoms with Gasteiger partial charge in [0.05, 0.1) is 25.7 Å². The van der Waals surface area contributed by atoms with Gasteiger partial charge in [-0.3, -0.25) is 9.10 Å². The SMILES string of the molecule is CCOc1cccc(CNC(=O)CN(c2ccc(OC)cc2)S(C)(=O)=O)c1. The van der Waals surface area contributed by atoms with E-state index in [1.165, 1.54) is 7.11 Å². The van der Waals surface area contributed by atoms with Crippen LogP contribution >= 0.6 is 0 Å². The lowest BCUT2D eigenvalue weighted by atomic mass is 10.2. The second-order valence-electron chi connectivity index (χ2n) is 5.82. The van der Waals surface area contributed by atoms with E-state index in [4.69, 9.17) is 9.47 Å². The average Bonchev–Trinajstić information content (AvgIpc) is 2.64. The van der Waals surface area contributed by atoms with Gasteiger partial charge in [0, 0.05) is 6.54 Å². The molecule has 0 fully saturated rings. The maximum Gasteiger partial charge on any atom is 0.241 e. The Labute approximate surface area is 160 Å². The van der Waals surface area contributed by atoms with Gasteiger partial charge in [-0.05, 0) is 48.9 Å². The predicted octanol–water partition coefficient (Wildman–Crippen LogP) is 2.18. The molecule has 0 heterocycles. The molecule has 0 aliphatic heterocycles. The van der Waals surface area contributed by atoms with Crippen molar-refractivity contribution in [2.75, 3.05) is 30.8 Å². The van der Waals surface area contributed by atoms with Gasteiger partial charge in [-0.1, -0.05) is 12.1 Å². The van der Waals surface area contributed by atoms with E-state index < -0.39 is 15.9 Å². The van der Waals surface area contributed by atoms with Crippen molar-refractivity contribution in [1.82, 2.24) is 5.32 Å². The van der Waals surface area contributed by atoms with Gasteiger partial charge in [0.1, 0.15) is 18.0 Å². The van der Waals surface area contributed by atoms with Crippen LogP contribution in [0.2, 0.25) is 0 Å². The number of carbonyl (C=O) groups is 1. The van der Waals surface area contributed by atoms with Crippen molar-refractivity contribution in [3.63, 3.8) is 0 Å². The van der Waals surface area contributed by atoms with E-state index in [0.717, 1.165) is 21.9 Å². The minimum Gasteiger partial charge on any atom is -0.497 e. The Morgan fingerprint density at radius 1 is 1.11 bits per heavy atom. The number of nitrogens with zero attached hydrogens (tertiary/aromatic N) is 1. The number of amides is 1. The molecule has 0 aliphatic carbocycles. The minimum atomic E-state index is -3.62. The molecule has 0 aliphatic rings. The smallest absolute Gasteiger partial charge is 0.241 e. The molecular formula is C19H24N2O5S. The Morgan fingerprint density at radius 3 is 2.41 bits per heavy atom. The van der Waals surface area contributed by atoms with Crippen LogP contribution < -0.4 is 19.1 Å².